The Balaban J connectivity index is 1.55. The first-order valence-electron chi connectivity index (χ1n) is 10.8. The summed E-state index contributed by atoms with van der Waals surface area (Å²) >= 11 is 0. The van der Waals surface area contributed by atoms with Gasteiger partial charge in [-0.3, -0.25) is 4.79 Å². The minimum absolute atomic E-state index is 0.0947. The molecule has 1 fully saturated rings. The van der Waals surface area contributed by atoms with Gasteiger partial charge in [0.1, 0.15) is 0 Å². The van der Waals surface area contributed by atoms with Gasteiger partial charge in [0.2, 0.25) is 15.9 Å². The Hall–Kier alpha value is -2.97. The summed E-state index contributed by atoms with van der Waals surface area (Å²) in [5, 5.41) is 3.05. The number of imidazole rings is 1. The molecule has 1 amide bonds. The highest BCUT2D eigenvalue weighted by Crippen LogP contribution is 2.37. The van der Waals surface area contributed by atoms with Crippen molar-refractivity contribution in [2.75, 3.05) is 6.54 Å². The molecular weight excluding hydrogens is 424 g/mol. The van der Waals surface area contributed by atoms with Crippen LogP contribution in [0.15, 0.2) is 84.3 Å². The third kappa shape index (κ3) is 4.92. The Labute approximate surface area is 189 Å². The predicted molar refractivity (Wildman–Crippen MR) is 122 cm³/mol. The molecule has 0 saturated carbocycles. The lowest BCUT2D eigenvalue weighted by Gasteiger charge is -2.38. The SMILES string of the molecule is CC(Cn1ccnc1)NC(=O)C1CCC(c2ccccc2)N(S(=O)(=O)c2ccccc2)C1. The van der Waals surface area contributed by atoms with Crippen molar-refractivity contribution >= 4 is 15.9 Å². The molecule has 32 heavy (non-hydrogen) atoms. The van der Waals surface area contributed by atoms with Gasteiger partial charge in [-0.1, -0.05) is 48.5 Å². The maximum atomic E-state index is 13.6. The number of nitrogens with zero attached hydrogens (tertiary/aromatic N) is 3. The molecule has 1 N–H and O–H groups in total. The normalized spacial score (nSPS) is 20.5. The van der Waals surface area contributed by atoms with Crippen LogP contribution >= 0.6 is 0 Å². The Morgan fingerprint density at radius 2 is 1.78 bits per heavy atom. The van der Waals surface area contributed by atoms with Crippen molar-refractivity contribution < 1.29 is 13.2 Å². The summed E-state index contributed by atoms with van der Waals surface area (Å²) in [7, 11) is -3.75. The lowest BCUT2D eigenvalue weighted by Crippen LogP contribution is -2.48. The molecule has 2 aromatic carbocycles. The van der Waals surface area contributed by atoms with Gasteiger partial charge in [0.05, 0.1) is 23.2 Å². The molecule has 0 radical (unpaired) electrons. The topological polar surface area (TPSA) is 84.3 Å². The molecule has 1 aliphatic heterocycles. The lowest BCUT2D eigenvalue weighted by molar-refractivity contribution is -0.127. The molecule has 3 atom stereocenters. The van der Waals surface area contributed by atoms with Gasteiger partial charge in [-0.25, -0.2) is 13.4 Å². The molecule has 1 saturated heterocycles. The van der Waals surface area contributed by atoms with Crippen molar-refractivity contribution in [3.8, 4) is 0 Å². The fourth-order valence-corrected chi connectivity index (χ4v) is 5.98. The van der Waals surface area contributed by atoms with Gasteiger partial charge in [-0.15, -0.1) is 0 Å². The largest absolute Gasteiger partial charge is 0.352 e. The van der Waals surface area contributed by atoms with Crippen LogP contribution in [0.25, 0.3) is 0 Å². The molecule has 0 aliphatic carbocycles. The molecule has 1 aromatic heterocycles. The van der Waals surface area contributed by atoms with Gasteiger partial charge >= 0.3 is 0 Å². The highest BCUT2D eigenvalue weighted by molar-refractivity contribution is 7.89. The highest BCUT2D eigenvalue weighted by Gasteiger charge is 2.40. The van der Waals surface area contributed by atoms with Crippen LogP contribution in [-0.4, -0.2) is 40.8 Å². The smallest absolute Gasteiger partial charge is 0.243 e. The first-order chi connectivity index (χ1) is 15.4. The first kappa shape index (κ1) is 22.2. The molecule has 168 valence electrons. The number of hydrogen-bond donors (Lipinski definition) is 1. The van der Waals surface area contributed by atoms with E-state index < -0.39 is 15.9 Å². The van der Waals surface area contributed by atoms with Crippen molar-refractivity contribution in [2.24, 2.45) is 5.92 Å². The molecule has 8 heteroatoms. The number of hydrogen-bond acceptors (Lipinski definition) is 4. The summed E-state index contributed by atoms with van der Waals surface area (Å²) in [6.07, 6.45) is 6.48. The molecule has 7 nitrogen and oxygen atoms in total. The number of carbonyl (C=O) groups excluding carboxylic acids is 1. The zero-order chi connectivity index (χ0) is 22.6. The van der Waals surface area contributed by atoms with E-state index in [0.29, 0.717) is 19.4 Å². The number of nitrogens with one attached hydrogen (secondary N) is 1. The average molecular weight is 453 g/mol. The molecule has 2 heterocycles. The summed E-state index contributed by atoms with van der Waals surface area (Å²) in [5.41, 5.74) is 0.944. The van der Waals surface area contributed by atoms with Crippen LogP contribution in [0.1, 0.15) is 31.4 Å². The van der Waals surface area contributed by atoms with Crippen molar-refractivity contribution in [1.29, 1.82) is 0 Å². The maximum absolute atomic E-state index is 13.6. The number of aromatic nitrogens is 2. The van der Waals surface area contributed by atoms with E-state index in [2.05, 4.69) is 10.3 Å². The summed E-state index contributed by atoms with van der Waals surface area (Å²) in [6, 6.07) is 17.7. The van der Waals surface area contributed by atoms with Gasteiger partial charge < -0.3 is 9.88 Å². The second kappa shape index (κ2) is 9.67. The summed E-state index contributed by atoms with van der Waals surface area (Å²) in [5.74, 6) is -0.518. The van der Waals surface area contributed by atoms with Crippen LogP contribution in [0.3, 0.4) is 0 Å². The zero-order valence-electron chi connectivity index (χ0n) is 18.0. The van der Waals surface area contributed by atoms with Crippen LogP contribution in [0.2, 0.25) is 0 Å². The van der Waals surface area contributed by atoms with E-state index in [1.807, 2.05) is 48.0 Å². The van der Waals surface area contributed by atoms with Crippen LogP contribution in [0, 0.1) is 5.92 Å². The van der Waals surface area contributed by atoms with E-state index in [4.69, 9.17) is 0 Å². The molecule has 1 aliphatic rings. The summed E-state index contributed by atoms with van der Waals surface area (Å²) in [4.78, 5) is 17.3. The number of rotatable bonds is 7. The van der Waals surface area contributed by atoms with Crippen LogP contribution in [0.4, 0.5) is 0 Å². The van der Waals surface area contributed by atoms with Gasteiger partial charge in [-0.2, -0.15) is 4.31 Å². The lowest BCUT2D eigenvalue weighted by atomic mass is 9.90. The Morgan fingerprint density at radius 1 is 1.09 bits per heavy atom. The minimum Gasteiger partial charge on any atom is -0.352 e. The second-order valence-electron chi connectivity index (χ2n) is 8.26. The Bertz CT molecular complexity index is 1120. The van der Waals surface area contributed by atoms with Crippen LogP contribution in [-0.2, 0) is 21.4 Å². The van der Waals surface area contributed by atoms with Crippen molar-refractivity contribution in [1.82, 2.24) is 19.2 Å². The van der Waals surface area contributed by atoms with Crippen molar-refractivity contribution in [3.63, 3.8) is 0 Å². The molecule has 3 aromatic rings. The number of benzene rings is 2. The maximum Gasteiger partial charge on any atom is 0.243 e. The first-order valence-corrected chi connectivity index (χ1v) is 12.3. The van der Waals surface area contributed by atoms with E-state index in [9.17, 15) is 13.2 Å². The molecule has 0 spiro atoms. The summed E-state index contributed by atoms with van der Waals surface area (Å²) < 4.78 is 30.5. The van der Waals surface area contributed by atoms with Crippen molar-refractivity contribution in [3.05, 3.63) is 84.9 Å². The van der Waals surface area contributed by atoms with E-state index in [1.54, 1.807) is 42.9 Å². The second-order valence-corrected chi connectivity index (χ2v) is 10.1. The van der Waals surface area contributed by atoms with E-state index in [0.717, 1.165) is 5.56 Å². The number of sulfonamides is 1. The predicted octanol–water partition coefficient (Wildman–Crippen LogP) is 3.23. The van der Waals surface area contributed by atoms with Gasteiger partial charge in [0.25, 0.3) is 0 Å². The van der Waals surface area contributed by atoms with E-state index in [1.165, 1.54) is 4.31 Å². The minimum atomic E-state index is -3.75. The van der Waals surface area contributed by atoms with Gasteiger partial charge in [0, 0.05) is 31.5 Å². The van der Waals surface area contributed by atoms with Crippen molar-refractivity contribution in [2.45, 2.75) is 43.3 Å². The average Bonchev–Trinajstić information content (AvgIpc) is 3.32. The zero-order valence-corrected chi connectivity index (χ0v) is 18.9. The summed E-state index contributed by atoms with van der Waals surface area (Å²) in [6.45, 7) is 2.70. The molecule has 4 rings (SSSR count). The van der Waals surface area contributed by atoms with Crippen LogP contribution < -0.4 is 5.32 Å². The standard InChI is InChI=1S/C24H28N4O3S/c1-19(16-27-15-14-25-18-27)26-24(29)21-12-13-23(20-8-4-2-5-9-20)28(17-21)32(30,31)22-10-6-3-7-11-22/h2-11,14-15,18-19,21,23H,12-13,16-17H2,1H3,(H,26,29). The third-order valence-electron chi connectivity index (χ3n) is 5.87. The molecule has 3 unspecified atom stereocenters. The highest BCUT2D eigenvalue weighted by atomic mass is 32.2. The Morgan fingerprint density at radius 3 is 2.44 bits per heavy atom. The number of piperidine rings is 1. The van der Waals surface area contributed by atoms with Crippen LogP contribution in [0.5, 0.6) is 0 Å². The molecular formula is C24H28N4O3S. The van der Waals surface area contributed by atoms with Gasteiger partial charge in [-0.05, 0) is 37.5 Å². The fourth-order valence-electron chi connectivity index (χ4n) is 4.27. The van der Waals surface area contributed by atoms with Gasteiger partial charge in [0.15, 0.2) is 0 Å². The van der Waals surface area contributed by atoms with E-state index in [-0.39, 0.29) is 29.4 Å². The van der Waals surface area contributed by atoms with E-state index >= 15 is 0 Å². The monoisotopic (exact) mass is 452 g/mol. The number of carbonyl (C=O) groups is 1. The number of amides is 1. The fraction of sp³-hybridized carbons (Fsp3) is 0.333. The molecule has 0 bridgehead atoms. The quantitative estimate of drug-likeness (QED) is 0.597. The third-order valence-corrected chi connectivity index (χ3v) is 7.76. The Kier molecular flexibility index (Phi) is 6.72.